The van der Waals surface area contributed by atoms with Crippen molar-refractivity contribution in [2.24, 2.45) is 0 Å². The molecule has 1 aromatic carbocycles. The predicted octanol–water partition coefficient (Wildman–Crippen LogP) is 2.37. The number of carbonyl (C=O) groups is 2. The molecule has 2 fully saturated rings. The van der Waals surface area contributed by atoms with Gasteiger partial charge in [-0.1, -0.05) is 17.3 Å². The number of rotatable bonds is 3. The highest BCUT2D eigenvalue weighted by Gasteiger charge is 2.41. The van der Waals surface area contributed by atoms with Crippen molar-refractivity contribution in [1.82, 2.24) is 15.0 Å². The van der Waals surface area contributed by atoms with Gasteiger partial charge < -0.3 is 14.3 Å². The Morgan fingerprint density at radius 2 is 2.15 bits per heavy atom. The third-order valence-corrected chi connectivity index (χ3v) is 5.35. The minimum absolute atomic E-state index is 0.0662. The highest BCUT2D eigenvalue weighted by atomic mass is 16.5. The molecule has 4 rings (SSSR count). The number of aromatic nitrogens is 2. The van der Waals surface area contributed by atoms with Crippen LogP contribution in [0.4, 0.5) is 5.69 Å². The van der Waals surface area contributed by atoms with Crippen LogP contribution in [0.25, 0.3) is 11.4 Å². The molecule has 0 N–H and O–H groups in total. The van der Waals surface area contributed by atoms with Gasteiger partial charge in [0.15, 0.2) is 0 Å². The van der Waals surface area contributed by atoms with Crippen molar-refractivity contribution in [2.75, 3.05) is 24.5 Å². The Bertz CT molecular complexity index is 862. The van der Waals surface area contributed by atoms with Gasteiger partial charge in [-0.3, -0.25) is 9.59 Å². The van der Waals surface area contributed by atoms with Gasteiger partial charge in [0, 0.05) is 44.2 Å². The van der Waals surface area contributed by atoms with E-state index in [1.54, 1.807) is 11.8 Å². The Morgan fingerprint density at radius 1 is 1.31 bits per heavy atom. The number of likely N-dealkylation sites (tertiary alicyclic amines) is 1. The fourth-order valence-corrected chi connectivity index (χ4v) is 3.72. The van der Waals surface area contributed by atoms with E-state index in [1.165, 1.54) is 0 Å². The van der Waals surface area contributed by atoms with E-state index in [0.29, 0.717) is 31.2 Å². The molecule has 2 saturated heterocycles. The lowest BCUT2D eigenvalue weighted by molar-refractivity contribution is -0.128. The van der Waals surface area contributed by atoms with Crippen LogP contribution < -0.4 is 4.90 Å². The van der Waals surface area contributed by atoms with Crippen LogP contribution in [0.3, 0.4) is 0 Å². The van der Waals surface area contributed by atoms with Gasteiger partial charge in [-0.2, -0.15) is 4.98 Å². The third kappa shape index (κ3) is 2.87. The fourth-order valence-electron chi connectivity index (χ4n) is 3.72. The van der Waals surface area contributed by atoms with Gasteiger partial charge in [0.1, 0.15) is 0 Å². The fraction of sp³-hybridized carbons (Fsp3) is 0.474. The van der Waals surface area contributed by atoms with E-state index < -0.39 is 0 Å². The molecule has 2 aliphatic rings. The first-order valence-electron chi connectivity index (χ1n) is 8.97. The van der Waals surface area contributed by atoms with E-state index in [1.807, 2.05) is 36.1 Å². The normalized spacial score (nSPS) is 23.1. The quantitative estimate of drug-likeness (QED) is 0.845. The van der Waals surface area contributed by atoms with E-state index in [-0.39, 0.29) is 17.2 Å². The first-order valence-corrected chi connectivity index (χ1v) is 8.97. The molecule has 136 valence electrons. The molecule has 3 heterocycles. The Balaban J connectivity index is 1.59. The van der Waals surface area contributed by atoms with Crippen LogP contribution in [-0.2, 0) is 15.0 Å². The molecular weight excluding hydrogens is 332 g/mol. The zero-order chi connectivity index (χ0) is 18.3. The van der Waals surface area contributed by atoms with E-state index >= 15 is 0 Å². The first kappa shape index (κ1) is 16.8. The van der Waals surface area contributed by atoms with Crippen molar-refractivity contribution in [2.45, 2.75) is 38.5 Å². The molecule has 0 radical (unpaired) electrons. The second-order valence-corrected chi connectivity index (χ2v) is 7.37. The van der Waals surface area contributed by atoms with Crippen LogP contribution in [0, 0.1) is 0 Å². The van der Waals surface area contributed by atoms with E-state index in [0.717, 1.165) is 30.6 Å². The highest BCUT2D eigenvalue weighted by molar-refractivity contribution is 5.95. The summed E-state index contributed by atoms with van der Waals surface area (Å²) in [6.45, 7) is 5.67. The van der Waals surface area contributed by atoms with E-state index in [9.17, 15) is 9.59 Å². The predicted molar refractivity (Wildman–Crippen MR) is 95.5 cm³/mol. The number of anilines is 1. The Hall–Kier alpha value is -2.70. The zero-order valence-electron chi connectivity index (χ0n) is 15.1. The molecule has 7 heteroatoms. The van der Waals surface area contributed by atoms with Crippen molar-refractivity contribution in [3.05, 3.63) is 30.2 Å². The SMILES string of the molecule is CC(=O)N1CCC(C)(c2nc(-c3cccc(N4CCCC4=O)c3)no2)C1. The second kappa shape index (κ2) is 6.23. The molecule has 1 atom stereocenters. The molecule has 1 aromatic heterocycles. The molecule has 1 unspecified atom stereocenters. The van der Waals surface area contributed by atoms with Crippen LogP contribution in [0.15, 0.2) is 28.8 Å². The summed E-state index contributed by atoms with van der Waals surface area (Å²) in [7, 11) is 0. The Labute approximate surface area is 152 Å². The summed E-state index contributed by atoms with van der Waals surface area (Å²) in [5.41, 5.74) is 1.37. The molecule has 0 aliphatic carbocycles. The van der Waals surface area contributed by atoms with E-state index in [4.69, 9.17) is 4.52 Å². The van der Waals surface area contributed by atoms with Crippen LogP contribution in [0.2, 0.25) is 0 Å². The maximum atomic E-state index is 12.0. The average Bonchev–Trinajstić information content (AvgIpc) is 3.34. The highest BCUT2D eigenvalue weighted by Crippen LogP contribution is 2.34. The largest absolute Gasteiger partial charge is 0.342 e. The van der Waals surface area contributed by atoms with Gasteiger partial charge in [-0.25, -0.2) is 0 Å². The zero-order valence-corrected chi connectivity index (χ0v) is 15.1. The molecule has 0 saturated carbocycles. The van der Waals surface area contributed by atoms with Crippen LogP contribution >= 0.6 is 0 Å². The van der Waals surface area contributed by atoms with Gasteiger partial charge in [0.25, 0.3) is 0 Å². The van der Waals surface area contributed by atoms with Gasteiger partial charge in [0.2, 0.25) is 23.5 Å². The number of hydrogen-bond acceptors (Lipinski definition) is 5. The molecule has 0 spiro atoms. The first-order chi connectivity index (χ1) is 12.5. The summed E-state index contributed by atoms with van der Waals surface area (Å²) < 4.78 is 5.54. The minimum atomic E-state index is -0.320. The number of benzene rings is 1. The molecular formula is C19H22N4O3. The van der Waals surface area contributed by atoms with Crippen LogP contribution in [-0.4, -0.2) is 46.5 Å². The number of carbonyl (C=O) groups excluding carboxylic acids is 2. The summed E-state index contributed by atoms with van der Waals surface area (Å²) in [5, 5.41) is 4.14. The monoisotopic (exact) mass is 354 g/mol. The molecule has 2 aliphatic heterocycles. The number of hydrogen-bond donors (Lipinski definition) is 0. The molecule has 26 heavy (non-hydrogen) atoms. The lowest BCUT2D eigenvalue weighted by Gasteiger charge is -2.19. The standard InChI is InChI=1S/C19H22N4O3/c1-13(24)22-10-8-19(2,12-22)18-20-17(21-26-18)14-5-3-6-15(11-14)23-9-4-7-16(23)25/h3,5-6,11H,4,7-10,12H2,1-2H3. The van der Waals surface area contributed by atoms with Crippen molar-refractivity contribution in [1.29, 1.82) is 0 Å². The van der Waals surface area contributed by atoms with Crippen molar-refractivity contribution in [3.8, 4) is 11.4 Å². The van der Waals surface area contributed by atoms with Gasteiger partial charge in [-0.15, -0.1) is 0 Å². The number of amides is 2. The Kier molecular flexibility index (Phi) is 4.01. The summed E-state index contributed by atoms with van der Waals surface area (Å²) in [6.07, 6.45) is 2.29. The van der Waals surface area contributed by atoms with Crippen molar-refractivity contribution in [3.63, 3.8) is 0 Å². The average molecular weight is 354 g/mol. The smallest absolute Gasteiger partial charge is 0.234 e. The molecule has 0 bridgehead atoms. The maximum absolute atomic E-state index is 12.0. The lowest BCUT2D eigenvalue weighted by atomic mass is 9.90. The summed E-state index contributed by atoms with van der Waals surface area (Å²) in [6, 6.07) is 7.67. The van der Waals surface area contributed by atoms with Crippen molar-refractivity contribution < 1.29 is 14.1 Å². The Morgan fingerprint density at radius 3 is 2.85 bits per heavy atom. The molecule has 2 aromatic rings. The van der Waals surface area contributed by atoms with Gasteiger partial charge in [-0.05, 0) is 31.9 Å². The summed E-state index contributed by atoms with van der Waals surface area (Å²) >= 11 is 0. The molecule has 7 nitrogen and oxygen atoms in total. The van der Waals surface area contributed by atoms with Gasteiger partial charge in [0.05, 0.1) is 5.41 Å². The second-order valence-electron chi connectivity index (χ2n) is 7.37. The van der Waals surface area contributed by atoms with Gasteiger partial charge >= 0.3 is 0 Å². The third-order valence-electron chi connectivity index (χ3n) is 5.35. The minimum Gasteiger partial charge on any atom is -0.342 e. The lowest BCUT2D eigenvalue weighted by Crippen LogP contribution is -2.31. The molecule has 2 amide bonds. The summed E-state index contributed by atoms with van der Waals surface area (Å²) in [5.74, 6) is 1.28. The van der Waals surface area contributed by atoms with Crippen LogP contribution in [0.1, 0.15) is 39.0 Å². The maximum Gasteiger partial charge on any atom is 0.234 e. The number of nitrogens with zero attached hydrogens (tertiary/aromatic N) is 4. The van der Waals surface area contributed by atoms with Crippen LogP contribution in [0.5, 0.6) is 0 Å². The topological polar surface area (TPSA) is 79.5 Å². The summed E-state index contributed by atoms with van der Waals surface area (Å²) in [4.78, 5) is 31.8. The van der Waals surface area contributed by atoms with Crippen molar-refractivity contribution >= 4 is 17.5 Å². The van der Waals surface area contributed by atoms with E-state index in [2.05, 4.69) is 10.1 Å².